The van der Waals surface area contributed by atoms with Gasteiger partial charge in [0.25, 0.3) is 0 Å². The molecule has 2 N–H and O–H groups in total. The highest BCUT2D eigenvalue weighted by Gasteiger charge is 2.21. The van der Waals surface area contributed by atoms with Crippen molar-refractivity contribution >= 4 is 5.82 Å². The smallest absolute Gasteiger partial charge is 0.129 e. The van der Waals surface area contributed by atoms with Crippen molar-refractivity contribution < 1.29 is 0 Å². The van der Waals surface area contributed by atoms with Crippen LogP contribution in [0.15, 0.2) is 31.0 Å². The van der Waals surface area contributed by atoms with Crippen LogP contribution in [0.25, 0.3) is 0 Å². The van der Waals surface area contributed by atoms with E-state index in [-0.39, 0.29) is 11.6 Å². The van der Waals surface area contributed by atoms with Crippen molar-refractivity contribution in [3.05, 3.63) is 36.5 Å². The molecule has 0 spiro atoms. The summed E-state index contributed by atoms with van der Waals surface area (Å²) < 4.78 is 0. The zero-order valence-electron chi connectivity index (χ0n) is 11.3. The van der Waals surface area contributed by atoms with E-state index in [4.69, 9.17) is 5.73 Å². The summed E-state index contributed by atoms with van der Waals surface area (Å²) in [7, 11) is 0. The van der Waals surface area contributed by atoms with Crippen molar-refractivity contribution in [2.24, 2.45) is 5.73 Å². The molecule has 0 saturated heterocycles. The molecular weight excluding hydrogens is 210 g/mol. The SMILES string of the molecule is C=CCN(c1ccc([C@H](C)N)cn1)C(C)(C)C. The first-order valence-corrected chi connectivity index (χ1v) is 5.96. The molecule has 94 valence electrons. The number of hydrogen-bond acceptors (Lipinski definition) is 3. The Kier molecular flexibility index (Phi) is 4.29. The zero-order chi connectivity index (χ0) is 13.1. The van der Waals surface area contributed by atoms with Gasteiger partial charge in [0.05, 0.1) is 0 Å². The Morgan fingerprint density at radius 1 is 1.47 bits per heavy atom. The van der Waals surface area contributed by atoms with E-state index in [1.807, 2.05) is 31.3 Å². The topological polar surface area (TPSA) is 42.1 Å². The van der Waals surface area contributed by atoms with E-state index in [0.717, 1.165) is 17.9 Å². The molecule has 0 saturated carbocycles. The number of aromatic nitrogens is 1. The lowest BCUT2D eigenvalue weighted by Crippen LogP contribution is -2.42. The first-order valence-electron chi connectivity index (χ1n) is 5.96. The second-order valence-corrected chi connectivity index (χ2v) is 5.31. The molecule has 0 amide bonds. The maximum absolute atomic E-state index is 5.81. The predicted octanol–water partition coefficient (Wildman–Crippen LogP) is 2.89. The highest BCUT2D eigenvalue weighted by Crippen LogP contribution is 2.22. The minimum Gasteiger partial charge on any atom is -0.348 e. The molecule has 1 aromatic rings. The average molecular weight is 233 g/mol. The Morgan fingerprint density at radius 2 is 2.12 bits per heavy atom. The molecule has 0 aromatic carbocycles. The monoisotopic (exact) mass is 233 g/mol. The zero-order valence-corrected chi connectivity index (χ0v) is 11.3. The van der Waals surface area contributed by atoms with Crippen LogP contribution >= 0.6 is 0 Å². The van der Waals surface area contributed by atoms with Gasteiger partial charge < -0.3 is 10.6 Å². The largest absolute Gasteiger partial charge is 0.348 e. The van der Waals surface area contributed by atoms with Crippen molar-refractivity contribution in [3.8, 4) is 0 Å². The van der Waals surface area contributed by atoms with Gasteiger partial charge in [-0.25, -0.2) is 4.98 Å². The lowest BCUT2D eigenvalue weighted by Gasteiger charge is -2.36. The number of anilines is 1. The summed E-state index contributed by atoms with van der Waals surface area (Å²) in [6, 6.07) is 4.08. The van der Waals surface area contributed by atoms with E-state index in [0.29, 0.717) is 0 Å². The summed E-state index contributed by atoms with van der Waals surface area (Å²) in [5.74, 6) is 0.960. The Labute approximate surface area is 104 Å². The molecule has 0 aliphatic rings. The standard InChI is InChI=1S/C14H23N3/c1-6-9-17(14(3,4)5)13-8-7-12(10-16-13)11(2)15/h6-8,10-11H,1,9,15H2,2-5H3/t11-/m0/s1. The van der Waals surface area contributed by atoms with Gasteiger partial charge in [0.2, 0.25) is 0 Å². The summed E-state index contributed by atoms with van der Waals surface area (Å²) in [6.45, 7) is 13.0. The number of hydrogen-bond donors (Lipinski definition) is 1. The lowest BCUT2D eigenvalue weighted by molar-refractivity contribution is 0.517. The van der Waals surface area contributed by atoms with Crippen LogP contribution in [0.2, 0.25) is 0 Å². The van der Waals surface area contributed by atoms with Crippen LogP contribution in [-0.4, -0.2) is 17.1 Å². The van der Waals surface area contributed by atoms with E-state index in [1.54, 1.807) is 0 Å². The summed E-state index contributed by atoms with van der Waals surface area (Å²) in [5.41, 5.74) is 6.90. The van der Waals surface area contributed by atoms with E-state index in [2.05, 4.69) is 37.2 Å². The van der Waals surface area contributed by atoms with Gasteiger partial charge in [-0.1, -0.05) is 12.1 Å². The van der Waals surface area contributed by atoms with Gasteiger partial charge in [-0.05, 0) is 39.3 Å². The van der Waals surface area contributed by atoms with Crippen molar-refractivity contribution in [2.75, 3.05) is 11.4 Å². The molecule has 1 heterocycles. The van der Waals surface area contributed by atoms with Crippen LogP contribution in [0, 0.1) is 0 Å². The number of nitrogens with zero attached hydrogens (tertiary/aromatic N) is 2. The number of pyridine rings is 1. The van der Waals surface area contributed by atoms with Crippen molar-refractivity contribution in [2.45, 2.75) is 39.3 Å². The highest BCUT2D eigenvalue weighted by atomic mass is 15.2. The van der Waals surface area contributed by atoms with E-state index < -0.39 is 0 Å². The molecule has 0 aliphatic heterocycles. The first-order chi connectivity index (χ1) is 7.86. The van der Waals surface area contributed by atoms with Crippen molar-refractivity contribution in [1.82, 2.24) is 4.98 Å². The van der Waals surface area contributed by atoms with Crippen LogP contribution in [0.5, 0.6) is 0 Å². The summed E-state index contributed by atoms with van der Waals surface area (Å²) >= 11 is 0. The minimum absolute atomic E-state index is 0.0248. The van der Waals surface area contributed by atoms with Crippen molar-refractivity contribution in [3.63, 3.8) is 0 Å². The quantitative estimate of drug-likeness (QED) is 0.813. The van der Waals surface area contributed by atoms with Crippen molar-refractivity contribution in [1.29, 1.82) is 0 Å². The molecule has 0 unspecified atom stereocenters. The van der Waals surface area contributed by atoms with E-state index in [9.17, 15) is 0 Å². The second kappa shape index (κ2) is 5.32. The van der Waals surface area contributed by atoms with Crippen LogP contribution in [0.1, 0.15) is 39.3 Å². The van der Waals surface area contributed by atoms with Gasteiger partial charge in [-0.3, -0.25) is 0 Å². The molecule has 1 aromatic heterocycles. The average Bonchev–Trinajstić information content (AvgIpc) is 2.24. The second-order valence-electron chi connectivity index (χ2n) is 5.31. The summed E-state index contributed by atoms with van der Waals surface area (Å²) in [5, 5.41) is 0. The third-order valence-corrected chi connectivity index (χ3v) is 2.69. The molecule has 1 atom stereocenters. The first kappa shape index (κ1) is 13.7. The fraction of sp³-hybridized carbons (Fsp3) is 0.500. The number of rotatable bonds is 4. The molecule has 0 bridgehead atoms. The maximum atomic E-state index is 5.81. The van der Waals surface area contributed by atoms with Gasteiger partial charge >= 0.3 is 0 Å². The molecule has 1 rings (SSSR count). The fourth-order valence-corrected chi connectivity index (χ4v) is 1.67. The fourth-order valence-electron chi connectivity index (χ4n) is 1.67. The van der Waals surface area contributed by atoms with Gasteiger partial charge in [0.1, 0.15) is 5.82 Å². The van der Waals surface area contributed by atoms with Gasteiger partial charge in [0.15, 0.2) is 0 Å². The third-order valence-electron chi connectivity index (χ3n) is 2.69. The molecule has 17 heavy (non-hydrogen) atoms. The Balaban J connectivity index is 2.99. The summed E-state index contributed by atoms with van der Waals surface area (Å²) in [6.07, 6.45) is 3.74. The van der Waals surface area contributed by atoms with Gasteiger partial charge in [-0.15, -0.1) is 6.58 Å². The summed E-state index contributed by atoms with van der Waals surface area (Å²) in [4.78, 5) is 6.70. The number of nitrogens with two attached hydrogens (primary N) is 1. The lowest BCUT2D eigenvalue weighted by atomic mass is 10.1. The van der Waals surface area contributed by atoms with Crippen LogP contribution in [0.3, 0.4) is 0 Å². The normalized spacial score (nSPS) is 13.2. The van der Waals surface area contributed by atoms with Gasteiger partial charge in [0, 0.05) is 24.3 Å². The molecule has 0 aliphatic carbocycles. The molecule has 0 radical (unpaired) electrons. The van der Waals surface area contributed by atoms with Crippen LogP contribution in [-0.2, 0) is 0 Å². The molecule has 3 nitrogen and oxygen atoms in total. The molecule has 3 heteroatoms. The Hall–Kier alpha value is -1.35. The van der Waals surface area contributed by atoms with Gasteiger partial charge in [-0.2, -0.15) is 0 Å². The molecular formula is C14H23N3. The Bertz CT molecular complexity index is 360. The van der Waals surface area contributed by atoms with E-state index >= 15 is 0 Å². The van der Waals surface area contributed by atoms with Crippen LogP contribution in [0.4, 0.5) is 5.82 Å². The van der Waals surface area contributed by atoms with E-state index in [1.165, 1.54) is 0 Å². The maximum Gasteiger partial charge on any atom is 0.129 e. The molecule has 0 fully saturated rings. The Morgan fingerprint density at radius 3 is 2.47 bits per heavy atom. The third kappa shape index (κ3) is 3.56. The van der Waals surface area contributed by atoms with Crippen LogP contribution < -0.4 is 10.6 Å². The minimum atomic E-state index is 0.0248. The highest BCUT2D eigenvalue weighted by molar-refractivity contribution is 5.43. The predicted molar refractivity (Wildman–Crippen MR) is 74.1 cm³/mol.